The van der Waals surface area contributed by atoms with Crippen LogP contribution < -0.4 is 15.8 Å². The highest BCUT2D eigenvalue weighted by atomic mass is 32.1. The van der Waals surface area contributed by atoms with Gasteiger partial charge in [0.1, 0.15) is 16.5 Å². The molecular formula is C16H20N4O3S. The van der Waals surface area contributed by atoms with Crippen molar-refractivity contribution in [1.82, 2.24) is 9.88 Å². The summed E-state index contributed by atoms with van der Waals surface area (Å²) in [6.45, 7) is 2.54. The van der Waals surface area contributed by atoms with Crippen LogP contribution in [-0.2, 0) is 6.54 Å². The molecule has 1 heterocycles. The van der Waals surface area contributed by atoms with Crippen LogP contribution in [0.15, 0.2) is 23.6 Å². The van der Waals surface area contributed by atoms with E-state index in [9.17, 15) is 9.59 Å². The maximum absolute atomic E-state index is 12.3. The molecule has 0 aliphatic heterocycles. The maximum atomic E-state index is 12.3. The van der Waals surface area contributed by atoms with E-state index >= 15 is 0 Å². The van der Waals surface area contributed by atoms with E-state index in [4.69, 9.17) is 10.5 Å². The van der Waals surface area contributed by atoms with Gasteiger partial charge in [-0.25, -0.2) is 4.98 Å². The molecule has 0 spiro atoms. The van der Waals surface area contributed by atoms with Crippen LogP contribution >= 0.6 is 11.3 Å². The molecule has 2 aromatic rings. The SMILES string of the molecule is CCOc1cc(C(=O)N(C)C)ccc1NC(=O)c1csc(CN)n1. The van der Waals surface area contributed by atoms with Crippen LogP contribution in [0, 0.1) is 0 Å². The van der Waals surface area contributed by atoms with Gasteiger partial charge >= 0.3 is 0 Å². The Labute approximate surface area is 144 Å². The van der Waals surface area contributed by atoms with E-state index in [0.29, 0.717) is 40.9 Å². The highest BCUT2D eigenvalue weighted by molar-refractivity contribution is 7.09. The topological polar surface area (TPSA) is 97.5 Å². The van der Waals surface area contributed by atoms with Crippen molar-refractivity contribution in [3.05, 3.63) is 39.8 Å². The first-order valence-corrected chi connectivity index (χ1v) is 8.28. The van der Waals surface area contributed by atoms with Crippen molar-refractivity contribution in [2.75, 3.05) is 26.0 Å². The number of hydrogen-bond acceptors (Lipinski definition) is 6. The largest absolute Gasteiger partial charge is 0.492 e. The lowest BCUT2D eigenvalue weighted by Gasteiger charge is -2.15. The van der Waals surface area contributed by atoms with Crippen molar-refractivity contribution in [2.24, 2.45) is 5.73 Å². The number of rotatable bonds is 6. The Hall–Kier alpha value is -2.45. The van der Waals surface area contributed by atoms with Crippen LogP contribution in [0.3, 0.4) is 0 Å². The summed E-state index contributed by atoms with van der Waals surface area (Å²) in [6, 6.07) is 4.91. The van der Waals surface area contributed by atoms with E-state index in [0.717, 1.165) is 0 Å². The summed E-state index contributed by atoms with van der Waals surface area (Å²) in [5.41, 5.74) is 6.78. The number of nitrogens with one attached hydrogen (secondary N) is 1. The summed E-state index contributed by atoms with van der Waals surface area (Å²) in [7, 11) is 3.35. The molecule has 1 aromatic heterocycles. The average molecular weight is 348 g/mol. The van der Waals surface area contributed by atoms with E-state index in [1.54, 1.807) is 37.7 Å². The van der Waals surface area contributed by atoms with Gasteiger partial charge in [-0.1, -0.05) is 0 Å². The second-order valence-electron chi connectivity index (χ2n) is 5.13. The number of aromatic nitrogens is 1. The molecule has 0 bridgehead atoms. The minimum absolute atomic E-state index is 0.138. The van der Waals surface area contributed by atoms with E-state index in [1.807, 2.05) is 6.92 Å². The summed E-state index contributed by atoms with van der Waals surface area (Å²) >= 11 is 1.33. The monoisotopic (exact) mass is 348 g/mol. The van der Waals surface area contributed by atoms with Crippen LogP contribution in [0.1, 0.15) is 32.8 Å². The predicted octanol–water partition coefficient (Wildman–Crippen LogP) is 1.95. The lowest BCUT2D eigenvalue weighted by Crippen LogP contribution is -2.22. The van der Waals surface area contributed by atoms with E-state index in [-0.39, 0.29) is 11.8 Å². The first-order valence-electron chi connectivity index (χ1n) is 7.40. The number of nitrogens with zero attached hydrogens (tertiary/aromatic N) is 2. The molecule has 0 fully saturated rings. The zero-order valence-electron chi connectivity index (χ0n) is 13.8. The Morgan fingerprint density at radius 3 is 2.71 bits per heavy atom. The fourth-order valence-electron chi connectivity index (χ4n) is 1.99. The molecule has 2 rings (SSSR count). The quantitative estimate of drug-likeness (QED) is 0.831. The van der Waals surface area contributed by atoms with Crippen molar-refractivity contribution < 1.29 is 14.3 Å². The number of amides is 2. The van der Waals surface area contributed by atoms with Gasteiger partial charge in [-0.2, -0.15) is 0 Å². The van der Waals surface area contributed by atoms with Gasteiger partial charge in [0.05, 0.1) is 12.3 Å². The third-order valence-electron chi connectivity index (χ3n) is 3.14. The van der Waals surface area contributed by atoms with Gasteiger partial charge in [0.25, 0.3) is 11.8 Å². The molecule has 0 unspecified atom stereocenters. The second-order valence-corrected chi connectivity index (χ2v) is 6.07. The fraction of sp³-hybridized carbons (Fsp3) is 0.312. The Morgan fingerprint density at radius 2 is 2.12 bits per heavy atom. The number of thiazole rings is 1. The summed E-state index contributed by atoms with van der Waals surface area (Å²) in [6.07, 6.45) is 0. The number of carbonyl (C=O) groups excluding carboxylic acids is 2. The summed E-state index contributed by atoms with van der Waals surface area (Å²) in [4.78, 5) is 30.0. The maximum Gasteiger partial charge on any atom is 0.275 e. The molecule has 1 aromatic carbocycles. The van der Waals surface area contributed by atoms with Crippen LogP contribution in [0.2, 0.25) is 0 Å². The minimum Gasteiger partial charge on any atom is -0.492 e. The fourth-order valence-corrected chi connectivity index (χ4v) is 2.64. The van der Waals surface area contributed by atoms with E-state index in [1.165, 1.54) is 16.2 Å². The Morgan fingerprint density at radius 1 is 1.38 bits per heavy atom. The third-order valence-corrected chi connectivity index (χ3v) is 4.01. The summed E-state index contributed by atoms with van der Waals surface area (Å²) in [5, 5.41) is 5.11. The molecule has 0 aliphatic carbocycles. The Balaban J connectivity index is 2.25. The lowest BCUT2D eigenvalue weighted by molar-refractivity contribution is 0.0827. The zero-order chi connectivity index (χ0) is 17.7. The molecule has 128 valence electrons. The molecule has 8 heteroatoms. The van der Waals surface area contributed by atoms with Crippen molar-refractivity contribution in [3.8, 4) is 5.75 Å². The molecule has 3 N–H and O–H groups in total. The molecule has 0 saturated carbocycles. The number of carbonyl (C=O) groups is 2. The van der Waals surface area contributed by atoms with Gasteiger partial charge in [0, 0.05) is 31.6 Å². The summed E-state index contributed by atoms with van der Waals surface area (Å²) in [5.74, 6) is -0.0488. The van der Waals surface area contributed by atoms with Crippen LogP contribution in [0.5, 0.6) is 5.75 Å². The minimum atomic E-state index is -0.349. The highest BCUT2D eigenvalue weighted by Crippen LogP contribution is 2.27. The normalized spacial score (nSPS) is 10.3. The van der Waals surface area contributed by atoms with Gasteiger partial charge < -0.3 is 20.7 Å². The van der Waals surface area contributed by atoms with Crippen LogP contribution in [-0.4, -0.2) is 42.4 Å². The number of benzene rings is 1. The molecule has 0 aliphatic rings. The molecule has 0 radical (unpaired) electrons. The molecule has 2 amide bonds. The number of anilines is 1. The van der Waals surface area contributed by atoms with Crippen LogP contribution in [0.4, 0.5) is 5.69 Å². The first-order chi connectivity index (χ1) is 11.5. The molecular weight excluding hydrogens is 328 g/mol. The lowest BCUT2D eigenvalue weighted by atomic mass is 10.1. The number of hydrogen-bond donors (Lipinski definition) is 2. The second kappa shape index (κ2) is 7.89. The Bertz CT molecular complexity index is 743. The Kier molecular flexibility index (Phi) is 5.88. The van der Waals surface area contributed by atoms with Crippen molar-refractivity contribution in [2.45, 2.75) is 13.5 Å². The zero-order valence-corrected chi connectivity index (χ0v) is 14.6. The molecule has 24 heavy (non-hydrogen) atoms. The first kappa shape index (κ1) is 17.9. The van der Waals surface area contributed by atoms with Gasteiger partial charge in [-0.15, -0.1) is 11.3 Å². The van der Waals surface area contributed by atoms with Gasteiger partial charge in [0.2, 0.25) is 0 Å². The predicted molar refractivity (Wildman–Crippen MR) is 93.6 cm³/mol. The van der Waals surface area contributed by atoms with E-state index < -0.39 is 0 Å². The van der Waals surface area contributed by atoms with E-state index in [2.05, 4.69) is 10.3 Å². The highest BCUT2D eigenvalue weighted by Gasteiger charge is 2.16. The van der Waals surface area contributed by atoms with Crippen molar-refractivity contribution >= 4 is 28.8 Å². The van der Waals surface area contributed by atoms with Gasteiger partial charge in [-0.3, -0.25) is 9.59 Å². The number of ether oxygens (including phenoxy) is 1. The van der Waals surface area contributed by atoms with Gasteiger partial charge in [-0.05, 0) is 25.1 Å². The van der Waals surface area contributed by atoms with Gasteiger partial charge in [0.15, 0.2) is 0 Å². The van der Waals surface area contributed by atoms with Crippen molar-refractivity contribution in [3.63, 3.8) is 0 Å². The molecule has 0 atom stereocenters. The standard InChI is InChI=1S/C16H20N4O3S/c1-4-23-13-7-10(16(22)20(2)3)5-6-11(13)19-15(21)12-9-24-14(8-17)18-12/h5-7,9H,4,8,17H2,1-3H3,(H,19,21). The smallest absolute Gasteiger partial charge is 0.275 e. The average Bonchev–Trinajstić information content (AvgIpc) is 3.05. The third kappa shape index (κ3) is 4.09. The number of nitrogens with two attached hydrogens (primary N) is 1. The van der Waals surface area contributed by atoms with Crippen molar-refractivity contribution in [1.29, 1.82) is 0 Å². The molecule has 7 nitrogen and oxygen atoms in total. The summed E-state index contributed by atoms with van der Waals surface area (Å²) < 4.78 is 5.55. The molecule has 0 saturated heterocycles. The van der Waals surface area contributed by atoms with Crippen LogP contribution in [0.25, 0.3) is 0 Å².